The van der Waals surface area contributed by atoms with Crippen LogP contribution in [0, 0.1) is 11.6 Å². The van der Waals surface area contributed by atoms with E-state index in [0.717, 1.165) is 50.1 Å². The Hall–Kier alpha value is -2.26. The average Bonchev–Trinajstić information content (AvgIpc) is 3.10. The molecule has 0 saturated carbocycles. The van der Waals surface area contributed by atoms with Gasteiger partial charge in [-0.1, -0.05) is 24.3 Å². The molecule has 29 heavy (non-hydrogen) atoms. The van der Waals surface area contributed by atoms with Crippen molar-refractivity contribution in [3.63, 3.8) is 0 Å². The monoisotopic (exact) mass is 421 g/mol. The van der Waals surface area contributed by atoms with Crippen LogP contribution >= 0.6 is 11.8 Å². The predicted octanol–water partition coefficient (Wildman–Crippen LogP) is 3.50. The van der Waals surface area contributed by atoms with Crippen LogP contribution in [0.3, 0.4) is 0 Å². The van der Waals surface area contributed by atoms with Crippen molar-refractivity contribution in [2.24, 2.45) is 0 Å². The third kappa shape index (κ3) is 6.11. The molecule has 6 nitrogen and oxygen atoms in total. The van der Waals surface area contributed by atoms with Gasteiger partial charge in [0, 0.05) is 25.6 Å². The van der Waals surface area contributed by atoms with E-state index in [9.17, 15) is 13.6 Å². The number of hydrogen-bond acceptors (Lipinski definition) is 5. The molecule has 1 aromatic carbocycles. The number of halogens is 2. The van der Waals surface area contributed by atoms with E-state index in [1.807, 2.05) is 4.57 Å². The summed E-state index contributed by atoms with van der Waals surface area (Å²) in [6, 6.07) is 2.94. The summed E-state index contributed by atoms with van der Waals surface area (Å²) in [6.07, 6.45) is 6.32. The van der Waals surface area contributed by atoms with Crippen LogP contribution in [0.5, 0.6) is 0 Å². The number of carbonyl (C=O) groups is 1. The molecular weight excluding hydrogens is 396 g/mol. The molecule has 1 aliphatic rings. The molecule has 0 bridgehead atoms. The Balaban J connectivity index is 1.58. The molecular formula is C20H25F2N5OS. The topological polar surface area (TPSA) is 63.1 Å². The van der Waals surface area contributed by atoms with E-state index < -0.39 is 17.5 Å². The lowest BCUT2D eigenvalue weighted by atomic mass is 10.1. The zero-order valence-corrected chi connectivity index (χ0v) is 17.1. The number of carbonyl (C=O) groups excluding carboxylic acids is 1. The van der Waals surface area contributed by atoms with E-state index in [-0.39, 0.29) is 11.4 Å². The van der Waals surface area contributed by atoms with Crippen LogP contribution in [-0.4, -0.2) is 51.0 Å². The number of rotatable bonds is 9. The molecule has 2 heterocycles. The molecule has 0 radical (unpaired) electrons. The van der Waals surface area contributed by atoms with Crippen LogP contribution in [0.15, 0.2) is 36.0 Å². The lowest BCUT2D eigenvalue weighted by Gasteiger charge is -2.26. The number of nitrogens with zero attached hydrogens (tertiary/aromatic N) is 4. The highest BCUT2D eigenvalue weighted by molar-refractivity contribution is 7.99. The van der Waals surface area contributed by atoms with Crippen molar-refractivity contribution in [3.8, 4) is 0 Å². The zero-order valence-electron chi connectivity index (χ0n) is 16.2. The summed E-state index contributed by atoms with van der Waals surface area (Å²) in [5.41, 5.74) is -0.176. The van der Waals surface area contributed by atoms with Gasteiger partial charge >= 0.3 is 0 Å². The second-order valence-electron chi connectivity index (χ2n) is 6.91. The number of allylic oxidation sites excluding steroid dienone is 1. The summed E-state index contributed by atoms with van der Waals surface area (Å²) in [5, 5.41) is 11.5. The normalized spacial score (nSPS) is 14.7. The summed E-state index contributed by atoms with van der Waals surface area (Å²) >= 11 is 1.21. The van der Waals surface area contributed by atoms with Crippen LogP contribution in [-0.2, 0) is 17.8 Å². The number of aromatic nitrogens is 3. The summed E-state index contributed by atoms with van der Waals surface area (Å²) < 4.78 is 28.8. The van der Waals surface area contributed by atoms with Gasteiger partial charge in [0.05, 0.1) is 11.4 Å². The van der Waals surface area contributed by atoms with Gasteiger partial charge in [-0.2, -0.15) is 0 Å². The lowest BCUT2D eigenvalue weighted by molar-refractivity contribution is -0.113. The number of thioether (sulfide) groups is 1. The SMILES string of the molecule is C=CCn1c(CCN2CCCCC2)nnc1SCC(=O)Nc1cc(F)ccc1F. The highest BCUT2D eigenvalue weighted by atomic mass is 32.2. The first-order valence-corrected chi connectivity index (χ1v) is 10.7. The molecule has 2 aromatic rings. The van der Waals surface area contributed by atoms with Crippen LogP contribution in [0.25, 0.3) is 0 Å². The number of anilines is 1. The molecule has 9 heteroatoms. The number of amides is 1. The fourth-order valence-electron chi connectivity index (χ4n) is 3.27. The van der Waals surface area contributed by atoms with Crippen molar-refractivity contribution in [2.75, 3.05) is 30.7 Å². The predicted molar refractivity (Wildman–Crippen MR) is 110 cm³/mol. The third-order valence-electron chi connectivity index (χ3n) is 4.74. The second kappa shape index (κ2) is 10.5. The second-order valence-corrected chi connectivity index (χ2v) is 7.85. The standard InChI is InChI=1S/C20H25F2N5OS/c1-2-9-27-18(8-12-26-10-4-3-5-11-26)24-25-20(27)29-14-19(28)23-17-13-15(21)6-7-16(17)22/h2,6-7,13H,1,3-5,8-12,14H2,(H,23,28). The highest BCUT2D eigenvalue weighted by Gasteiger charge is 2.16. The summed E-state index contributed by atoms with van der Waals surface area (Å²) in [7, 11) is 0. The Morgan fingerprint density at radius 2 is 2.03 bits per heavy atom. The minimum atomic E-state index is -0.681. The summed E-state index contributed by atoms with van der Waals surface area (Å²) in [4.78, 5) is 14.6. The quantitative estimate of drug-likeness (QED) is 0.496. The summed E-state index contributed by atoms with van der Waals surface area (Å²) in [5.74, 6) is -0.868. The highest BCUT2D eigenvalue weighted by Crippen LogP contribution is 2.20. The van der Waals surface area contributed by atoms with Crippen LogP contribution < -0.4 is 5.32 Å². The first-order chi connectivity index (χ1) is 14.1. The molecule has 1 amide bonds. The van der Waals surface area contributed by atoms with E-state index in [2.05, 4.69) is 27.0 Å². The van der Waals surface area contributed by atoms with E-state index in [0.29, 0.717) is 11.7 Å². The van der Waals surface area contributed by atoms with Gasteiger partial charge in [0.2, 0.25) is 5.91 Å². The fourth-order valence-corrected chi connectivity index (χ4v) is 4.04. The third-order valence-corrected chi connectivity index (χ3v) is 5.71. The van der Waals surface area contributed by atoms with E-state index in [1.165, 1.54) is 31.0 Å². The van der Waals surface area contributed by atoms with Gasteiger partial charge in [-0.15, -0.1) is 16.8 Å². The van der Waals surface area contributed by atoms with E-state index >= 15 is 0 Å². The average molecular weight is 422 g/mol. The maximum absolute atomic E-state index is 13.7. The molecule has 0 unspecified atom stereocenters. The zero-order chi connectivity index (χ0) is 20.6. The number of benzene rings is 1. The van der Waals surface area contributed by atoms with E-state index in [4.69, 9.17) is 0 Å². The Bertz CT molecular complexity index is 851. The molecule has 1 N–H and O–H groups in total. The Kier molecular flexibility index (Phi) is 7.76. The van der Waals surface area contributed by atoms with Gasteiger partial charge in [0.15, 0.2) is 5.16 Å². The van der Waals surface area contributed by atoms with Gasteiger partial charge in [-0.05, 0) is 38.1 Å². The number of piperidine rings is 1. The number of nitrogens with one attached hydrogen (secondary N) is 1. The van der Waals surface area contributed by atoms with Gasteiger partial charge in [0.25, 0.3) is 0 Å². The molecule has 1 saturated heterocycles. The molecule has 156 valence electrons. The number of likely N-dealkylation sites (tertiary alicyclic amines) is 1. The van der Waals surface area contributed by atoms with Crippen LogP contribution in [0.1, 0.15) is 25.1 Å². The van der Waals surface area contributed by atoms with Crippen molar-refractivity contribution in [1.29, 1.82) is 0 Å². The summed E-state index contributed by atoms with van der Waals surface area (Å²) in [6.45, 7) is 7.50. The molecule has 1 aromatic heterocycles. The maximum atomic E-state index is 13.7. The van der Waals surface area contributed by atoms with Crippen molar-refractivity contribution in [3.05, 3.63) is 48.3 Å². The van der Waals surface area contributed by atoms with Crippen LogP contribution in [0.4, 0.5) is 14.5 Å². The van der Waals surface area contributed by atoms with Gasteiger partial charge in [-0.3, -0.25) is 4.79 Å². The van der Waals surface area contributed by atoms with Crippen LogP contribution in [0.2, 0.25) is 0 Å². The maximum Gasteiger partial charge on any atom is 0.234 e. The molecule has 1 aliphatic heterocycles. The van der Waals surface area contributed by atoms with Crippen molar-refractivity contribution in [2.45, 2.75) is 37.4 Å². The first kappa shape index (κ1) is 21.4. The molecule has 0 atom stereocenters. The van der Waals surface area contributed by atoms with Gasteiger partial charge in [0.1, 0.15) is 17.5 Å². The molecule has 3 rings (SSSR count). The van der Waals surface area contributed by atoms with Gasteiger partial charge < -0.3 is 14.8 Å². The Labute approximate surface area is 173 Å². The lowest BCUT2D eigenvalue weighted by Crippen LogP contribution is -2.32. The first-order valence-electron chi connectivity index (χ1n) is 9.70. The number of hydrogen-bond donors (Lipinski definition) is 1. The van der Waals surface area contributed by atoms with E-state index in [1.54, 1.807) is 6.08 Å². The Morgan fingerprint density at radius 3 is 2.79 bits per heavy atom. The van der Waals surface area contributed by atoms with Gasteiger partial charge in [-0.25, -0.2) is 8.78 Å². The Morgan fingerprint density at radius 1 is 1.24 bits per heavy atom. The van der Waals surface area contributed by atoms with Crippen molar-refractivity contribution in [1.82, 2.24) is 19.7 Å². The largest absolute Gasteiger partial charge is 0.323 e. The minimum absolute atomic E-state index is 0.0113. The molecule has 1 fully saturated rings. The fraction of sp³-hybridized carbons (Fsp3) is 0.450. The molecule has 0 aliphatic carbocycles. The molecule has 0 spiro atoms. The van der Waals surface area contributed by atoms with Crippen molar-refractivity contribution < 1.29 is 13.6 Å². The smallest absolute Gasteiger partial charge is 0.234 e. The minimum Gasteiger partial charge on any atom is -0.323 e. The van der Waals surface area contributed by atoms with Crippen molar-refractivity contribution >= 4 is 23.4 Å².